The molecule has 102 valence electrons. The van der Waals surface area contributed by atoms with Crippen LogP contribution in [0, 0.1) is 0 Å². The summed E-state index contributed by atoms with van der Waals surface area (Å²) < 4.78 is 1.79. The Balaban J connectivity index is 2.21. The topological polar surface area (TPSA) is 55.9 Å². The quantitative estimate of drug-likeness (QED) is 0.901. The molecule has 0 aliphatic carbocycles. The van der Waals surface area contributed by atoms with E-state index < -0.39 is 0 Å². The fourth-order valence-corrected chi connectivity index (χ4v) is 2.19. The molecule has 0 amide bonds. The molecule has 0 aliphatic rings. The number of halogens is 1. The van der Waals surface area contributed by atoms with Gasteiger partial charge in [-0.15, -0.1) is 0 Å². The molecule has 2 aromatic rings. The van der Waals surface area contributed by atoms with E-state index in [1.54, 1.807) is 4.68 Å². The molecule has 0 bridgehead atoms. The molecule has 0 saturated carbocycles. The molecule has 4 nitrogen and oxygen atoms in total. The largest absolute Gasteiger partial charge is 0.394 e. The van der Waals surface area contributed by atoms with Crippen molar-refractivity contribution in [3.05, 3.63) is 40.5 Å². The summed E-state index contributed by atoms with van der Waals surface area (Å²) in [5.41, 5.74) is 8.91. The molecule has 0 aliphatic heterocycles. The van der Waals surface area contributed by atoms with Gasteiger partial charge in [-0.1, -0.05) is 30.7 Å². The number of aromatic nitrogens is 2. The smallest absolute Gasteiger partial charge is 0.148 e. The van der Waals surface area contributed by atoms with Crippen molar-refractivity contribution in [1.82, 2.24) is 9.78 Å². The second-order valence-electron chi connectivity index (χ2n) is 4.60. The fraction of sp³-hybridized carbons (Fsp3) is 0.357. The summed E-state index contributed by atoms with van der Waals surface area (Å²) in [6.45, 7) is 4.13. The van der Waals surface area contributed by atoms with Crippen LogP contribution in [0.5, 0.6) is 0 Å². The Morgan fingerprint density at radius 2 is 2.00 bits per heavy atom. The molecule has 19 heavy (non-hydrogen) atoms. The maximum Gasteiger partial charge on any atom is 0.148 e. The van der Waals surface area contributed by atoms with Gasteiger partial charge in [-0.2, -0.15) is 5.10 Å². The number of nitrogen functional groups attached to an aromatic ring is 1. The Morgan fingerprint density at radius 3 is 2.53 bits per heavy atom. The standard InChI is InChI=1S/C14H19ClN4/c1-4-12-13(16)14(19(3)18-12)17-9(2)10-5-7-11(15)8-6-10/h5-9,17H,4,16H2,1-3H3. The van der Waals surface area contributed by atoms with Crippen LogP contribution in [0.4, 0.5) is 11.5 Å². The first-order chi connectivity index (χ1) is 9.02. The van der Waals surface area contributed by atoms with Crippen molar-refractivity contribution in [1.29, 1.82) is 0 Å². The predicted octanol–water partition coefficient (Wildman–Crippen LogP) is 3.39. The molecule has 0 radical (unpaired) electrons. The van der Waals surface area contributed by atoms with E-state index in [1.807, 2.05) is 38.2 Å². The minimum atomic E-state index is 0.139. The third-order valence-electron chi connectivity index (χ3n) is 3.22. The Labute approximate surface area is 118 Å². The van der Waals surface area contributed by atoms with Crippen LogP contribution in [0.2, 0.25) is 5.02 Å². The van der Waals surface area contributed by atoms with Gasteiger partial charge in [0, 0.05) is 12.1 Å². The number of rotatable bonds is 4. The molecule has 1 unspecified atom stereocenters. The van der Waals surface area contributed by atoms with Crippen LogP contribution in [0.15, 0.2) is 24.3 Å². The van der Waals surface area contributed by atoms with Gasteiger partial charge in [0.2, 0.25) is 0 Å². The van der Waals surface area contributed by atoms with Gasteiger partial charge in [-0.3, -0.25) is 4.68 Å². The summed E-state index contributed by atoms with van der Waals surface area (Å²) in [6, 6.07) is 7.93. The monoisotopic (exact) mass is 278 g/mol. The fourth-order valence-electron chi connectivity index (χ4n) is 2.07. The van der Waals surface area contributed by atoms with Crippen molar-refractivity contribution in [2.75, 3.05) is 11.1 Å². The Hall–Kier alpha value is -1.68. The molecular formula is C14H19ClN4. The number of aryl methyl sites for hydroxylation is 2. The SMILES string of the molecule is CCc1nn(C)c(NC(C)c2ccc(Cl)cc2)c1N. The molecular weight excluding hydrogens is 260 g/mol. The molecule has 0 fully saturated rings. The average molecular weight is 279 g/mol. The van der Waals surface area contributed by atoms with E-state index >= 15 is 0 Å². The molecule has 5 heteroatoms. The highest BCUT2D eigenvalue weighted by atomic mass is 35.5. The number of hydrogen-bond acceptors (Lipinski definition) is 3. The normalized spacial score (nSPS) is 12.4. The van der Waals surface area contributed by atoms with E-state index in [1.165, 1.54) is 0 Å². The predicted molar refractivity (Wildman–Crippen MR) is 80.5 cm³/mol. The summed E-state index contributed by atoms with van der Waals surface area (Å²) in [4.78, 5) is 0. The van der Waals surface area contributed by atoms with Crippen LogP contribution >= 0.6 is 11.6 Å². The maximum atomic E-state index is 6.10. The van der Waals surface area contributed by atoms with Gasteiger partial charge >= 0.3 is 0 Å². The van der Waals surface area contributed by atoms with Crippen molar-refractivity contribution >= 4 is 23.1 Å². The second-order valence-corrected chi connectivity index (χ2v) is 5.04. The zero-order chi connectivity index (χ0) is 14.0. The highest BCUT2D eigenvalue weighted by molar-refractivity contribution is 6.30. The van der Waals surface area contributed by atoms with Crippen molar-refractivity contribution in [2.45, 2.75) is 26.3 Å². The lowest BCUT2D eigenvalue weighted by Crippen LogP contribution is -2.11. The molecule has 0 saturated heterocycles. The number of nitrogens with one attached hydrogen (secondary N) is 1. The van der Waals surface area contributed by atoms with Crippen molar-refractivity contribution in [3.63, 3.8) is 0 Å². The lowest BCUT2D eigenvalue weighted by molar-refractivity contribution is 0.734. The Kier molecular flexibility index (Phi) is 4.00. The van der Waals surface area contributed by atoms with E-state index in [4.69, 9.17) is 17.3 Å². The molecule has 1 heterocycles. The van der Waals surface area contributed by atoms with Gasteiger partial charge in [-0.05, 0) is 31.0 Å². The van der Waals surface area contributed by atoms with E-state index in [9.17, 15) is 0 Å². The zero-order valence-corrected chi connectivity index (χ0v) is 12.2. The molecule has 2 rings (SSSR count). The Bertz CT molecular complexity index is 560. The maximum absolute atomic E-state index is 6.10. The third-order valence-corrected chi connectivity index (χ3v) is 3.47. The van der Waals surface area contributed by atoms with Crippen LogP contribution < -0.4 is 11.1 Å². The molecule has 0 spiro atoms. The summed E-state index contributed by atoms with van der Waals surface area (Å²) in [7, 11) is 1.90. The van der Waals surface area contributed by atoms with Gasteiger partial charge < -0.3 is 11.1 Å². The zero-order valence-electron chi connectivity index (χ0n) is 11.4. The van der Waals surface area contributed by atoms with Crippen LogP contribution in [-0.4, -0.2) is 9.78 Å². The number of anilines is 2. The number of benzene rings is 1. The highest BCUT2D eigenvalue weighted by Crippen LogP contribution is 2.27. The molecule has 1 aromatic carbocycles. The highest BCUT2D eigenvalue weighted by Gasteiger charge is 2.14. The third kappa shape index (κ3) is 2.84. The minimum absolute atomic E-state index is 0.139. The summed E-state index contributed by atoms with van der Waals surface area (Å²) in [6.07, 6.45) is 0.830. The summed E-state index contributed by atoms with van der Waals surface area (Å²) in [5.74, 6) is 0.860. The lowest BCUT2D eigenvalue weighted by atomic mass is 10.1. The minimum Gasteiger partial charge on any atom is -0.394 e. The summed E-state index contributed by atoms with van der Waals surface area (Å²) >= 11 is 5.89. The van der Waals surface area contributed by atoms with E-state index in [2.05, 4.69) is 17.3 Å². The van der Waals surface area contributed by atoms with Crippen LogP contribution in [0.25, 0.3) is 0 Å². The van der Waals surface area contributed by atoms with E-state index in [0.717, 1.165) is 34.2 Å². The Morgan fingerprint density at radius 1 is 1.37 bits per heavy atom. The second kappa shape index (κ2) is 5.53. The average Bonchev–Trinajstić information content (AvgIpc) is 2.67. The first-order valence-electron chi connectivity index (χ1n) is 6.36. The van der Waals surface area contributed by atoms with Gasteiger partial charge in [-0.25, -0.2) is 0 Å². The van der Waals surface area contributed by atoms with Crippen LogP contribution in [0.3, 0.4) is 0 Å². The number of nitrogens with two attached hydrogens (primary N) is 1. The van der Waals surface area contributed by atoms with Crippen molar-refractivity contribution in [2.24, 2.45) is 7.05 Å². The van der Waals surface area contributed by atoms with Crippen LogP contribution in [0.1, 0.15) is 31.1 Å². The summed E-state index contributed by atoms with van der Waals surface area (Å²) in [5, 5.41) is 8.54. The molecule has 1 atom stereocenters. The van der Waals surface area contributed by atoms with Gasteiger partial charge in [0.1, 0.15) is 5.82 Å². The first kappa shape index (κ1) is 13.7. The molecule has 1 aromatic heterocycles. The van der Waals surface area contributed by atoms with Crippen LogP contribution in [-0.2, 0) is 13.5 Å². The molecule has 3 N–H and O–H groups in total. The van der Waals surface area contributed by atoms with E-state index in [0.29, 0.717) is 0 Å². The van der Waals surface area contributed by atoms with Gasteiger partial charge in [0.05, 0.1) is 17.4 Å². The first-order valence-corrected chi connectivity index (χ1v) is 6.74. The van der Waals surface area contributed by atoms with Gasteiger partial charge in [0.25, 0.3) is 0 Å². The van der Waals surface area contributed by atoms with Crippen molar-refractivity contribution < 1.29 is 0 Å². The number of hydrogen-bond donors (Lipinski definition) is 2. The lowest BCUT2D eigenvalue weighted by Gasteiger charge is -2.16. The van der Waals surface area contributed by atoms with Gasteiger partial charge in [0.15, 0.2) is 0 Å². The number of nitrogens with zero attached hydrogens (tertiary/aromatic N) is 2. The van der Waals surface area contributed by atoms with Crippen molar-refractivity contribution in [3.8, 4) is 0 Å². The van der Waals surface area contributed by atoms with E-state index in [-0.39, 0.29) is 6.04 Å².